The Balaban J connectivity index is 1.51. The number of fused-ring (bicyclic) bond motifs is 1. The molecular formula is C29H41N3S3. The van der Waals surface area contributed by atoms with E-state index in [-0.39, 0.29) is 0 Å². The minimum absolute atomic E-state index is 0.652. The zero-order valence-corrected chi connectivity index (χ0v) is 24.3. The Morgan fingerprint density at radius 2 is 1.71 bits per heavy atom. The zero-order chi connectivity index (χ0) is 24.6. The van der Waals surface area contributed by atoms with E-state index in [1.165, 1.54) is 97.0 Å². The second-order valence-corrected chi connectivity index (χ2v) is 12.7. The van der Waals surface area contributed by atoms with Crippen LogP contribution in [0.5, 0.6) is 0 Å². The predicted molar refractivity (Wildman–Crippen MR) is 157 cm³/mol. The molecule has 4 heterocycles. The van der Waals surface area contributed by atoms with Gasteiger partial charge in [0, 0.05) is 27.3 Å². The van der Waals surface area contributed by atoms with E-state index in [1.54, 1.807) is 0 Å². The lowest BCUT2D eigenvalue weighted by Crippen LogP contribution is -2.06. The summed E-state index contributed by atoms with van der Waals surface area (Å²) in [6.07, 6.45) is 17.5. The number of pyridine rings is 1. The molecule has 3 unspecified atom stereocenters. The van der Waals surface area contributed by atoms with Gasteiger partial charge in [0.05, 0.1) is 11.7 Å². The number of hydrogen-bond acceptors (Lipinski definition) is 6. The highest BCUT2D eigenvalue weighted by atomic mass is 32.2. The number of aromatic nitrogens is 3. The first kappa shape index (κ1) is 26.8. The van der Waals surface area contributed by atoms with Crippen LogP contribution >= 0.6 is 34.8 Å². The molecule has 4 rings (SSSR count). The Kier molecular flexibility index (Phi) is 10.2. The van der Waals surface area contributed by atoms with Crippen LogP contribution in [0, 0.1) is 17.8 Å². The summed E-state index contributed by atoms with van der Waals surface area (Å²) in [6, 6.07) is 2.37. The standard InChI is InChI=1S/C29H41N3S3/c1-5-9-11-20(7-3)13-22-15-25(33-18-22)24-17-30-28(29-27(24)31-35-32-29)26-16-23(19-34-26)14-21(8-4)12-10-6-2/h15-18,20-21,23H,5-14,19H2,1-4H3. The molecule has 0 N–H and O–H groups in total. The lowest BCUT2D eigenvalue weighted by atomic mass is 9.89. The minimum Gasteiger partial charge on any atom is -0.253 e. The van der Waals surface area contributed by atoms with Crippen molar-refractivity contribution in [1.29, 1.82) is 0 Å². The summed E-state index contributed by atoms with van der Waals surface area (Å²) in [6.45, 7) is 9.26. The number of allylic oxidation sites excluding steroid dienone is 1. The second-order valence-electron chi connectivity index (χ2n) is 10.2. The molecule has 1 aliphatic rings. The third-order valence-electron chi connectivity index (χ3n) is 7.53. The van der Waals surface area contributed by atoms with Gasteiger partial charge in [0.25, 0.3) is 0 Å². The van der Waals surface area contributed by atoms with Gasteiger partial charge in [-0.2, -0.15) is 8.75 Å². The first-order chi connectivity index (χ1) is 17.2. The molecule has 3 aromatic rings. The van der Waals surface area contributed by atoms with Gasteiger partial charge < -0.3 is 0 Å². The Hall–Kier alpha value is -1.24. The van der Waals surface area contributed by atoms with Gasteiger partial charge in [-0.05, 0) is 47.6 Å². The Morgan fingerprint density at radius 1 is 0.971 bits per heavy atom. The van der Waals surface area contributed by atoms with E-state index in [4.69, 9.17) is 13.7 Å². The first-order valence-corrected chi connectivity index (χ1v) is 16.3. The van der Waals surface area contributed by atoms with E-state index < -0.39 is 0 Å². The Labute approximate surface area is 224 Å². The van der Waals surface area contributed by atoms with Crippen molar-refractivity contribution in [2.75, 3.05) is 5.75 Å². The highest BCUT2D eigenvalue weighted by Gasteiger charge is 2.25. The highest BCUT2D eigenvalue weighted by molar-refractivity contribution is 8.08. The molecule has 0 bridgehead atoms. The van der Waals surface area contributed by atoms with Crippen LogP contribution in [-0.2, 0) is 6.42 Å². The fraction of sp³-hybridized carbons (Fsp3) is 0.621. The number of rotatable bonds is 14. The molecule has 3 atom stereocenters. The van der Waals surface area contributed by atoms with Crippen molar-refractivity contribution in [3.05, 3.63) is 35.0 Å². The molecule has 0 aromatic carbocycles. The predicted octanol–water partition coefficient (Wildman–Crippen LogP) is 9.88. The maximum Gasteiger partial charge on any atom is 0.132 e. The lowest BCUT2D eigenvalue weighted by molar-refractivity contribution is 0.387. The van der Waals surface area contributed by atoms with Crippen LogP contribution in [0.15, 0.2) is 23.7 Å². The third kappa shape index (κ3) is 6.75. The molecule has 0 amide bonds. The fourth-order valence-corrected chi connectivity index (χ4v) is 7.93. The van der Waals surface area contributed by atoms with E-state index in [0.717, 1.165) is 34.1 Å². The number of thioether (sulfide) groups is 1. The van der Waals surface area contributed by atoms with Crippen molar-refractivity contribution < 1.29 is 0 Å². The van der Waals surface area contributed by atoms with Crippen molar-refractivity contribution in [2.24, 2.45) is 17.8 Å². The van der Waals surface area contributed by atoms with Gasteiger partial charge in [-0.3, -0.25) is 4.98 Å². The van der Waals surface area contributed by atoms with E-state index in [9.17, 15) is 0 Å². The van der Waals surface area contributed by atoms with Gasteiger partial charge in [0.2, 0.25) is 0 Å². The number of thiophene rings is 1. The molecule has 0 radical (unpaired) electrons. The normalized spacial score (nSPS) is 17.7. The summed E-state index contributed by atoms with van der Waals surface area (Å²) in [7, 11) is 0. The van der Waals surface area contributed by atoms with Gasteiger partial charge >= 0.3 is 0 Å². The molecule has 6 heteroatoms. The van der Waals surface area contributed by atoms with Crippen LogP contribution in [0.25, 0.3) is 26.4 Å². The van der Waals surface area contributed by atoms with Crippen molar-refractivity contribution in [3.63, 3.8) is 0 Å². The average molecular weight is 528 g/mol. The maximum absolute atomic E-state index is 4.97. The smallest absolute Gasteiger partial charge is 0.132 e. The largest absolute Gasteiger partial charge is 0.253 e. The van der Waals surface area contributed by atoms with Gasteiger partial charge in [0.1, 0.15) is 16.7 Å². The molecular weight excluding hydrogens is 487 g/mol. The van der Waals surface area contributed by atoms with Crippen molar-refractivity contribution in [1.82, 2.24) is 13.7 Å². The molecule has 0 saturated carbocycles. The molecule has 0 spiro atoms. The molecule has 3 aromatic heterocycles. The van der Waals surface area contributed by atoms with Crippen molar-refractivity contribution in [3.8, 4) is 10.4 Å². The zero-order valence-electron chi connectivity index (χ0n) is 21.9. The SMILES string of the molecule is CCCCC(CC)Cc1csc(-c2cnc(C3=CC(CC(CC)CCCC)CS3)c3nsnc23)c1. The second kappa shape index (κ2) is 13.3. The summed E-state index contributed by atoms with van der Waals surface area (Å²) >= 11 is 5.10. The van der Waals surface area contributed by atoms with Gasteiger partial charge in [-0.25, -0.2) is 0 Å². The fourth-order valence-electron chi connectivity index (χ4n) is 5.23. The molecule has 0 saturated heterocycles. The molecule has 190 valence electrons. The monoisotopic (exact) mass is 527 g/mol. The van der Waals surface area contributed by atoms with Crippen molar-refractivity contribution in [2.45, 2.75) is 91.9 Å². The summed E-state index contributed by atoms with van der Waals surface area (Å²) in [5.41, 5.74) is 5.63. The van der Waals surface area contributed by atoms with Crippen LogP contribution in [-0.4, -0.2) is 19.5 Å². The van der Waals surface area contributed by atoms with E-state index in [0.29, 0.717) is 5.92 Å². The summed E-state index contributed by atoms with van der Waals surface area (Å²) in [4.78, 5) is 7.55. The number of hydrogen-bond donors (Lipinski definition) is 0. The van der Waals surface area contributed by atoms with Crippen LogP contribution < -0.4 is 0 Å². The molecule has 35 heavy (non-hydrogen) atoms. The molecule has 0 fully saturated rings. The van der Waals surface area contributed by atoms with Crippen LogP contribution in [0.1, 0.15) is 96.7 Å². The summed E-state index contributed by atoms with van der Waals surface area (Å²) < 4.78 is 9.44. The summed E-state index contributed by atoms with van der Waals surface area (Å²) in [5, 5.41) is 2.34. The molecule has 1 aliphatic heterocycles. The molecule has 0 aliphatic carbocycles. The number of unbranched alkanes of at least 4 members (excludes halogenated alkanes) is 2. The van der Waals surface area contributed by atoms with Gasteiger partial charge in [-0.1, -0.05) is 85.1 Å². The third-order valence-corrected chi connectivity index (χ3v) is 10.3. The van der Waals surface area contributed by atoms with E-state index >= 15 is 0 Å². The Bertz CT molecular complexity index is 1100. The van der Waals surface area contributed by atoms with Crippen LogP contribution in [0.4, 0.5) is 0 Å². The van der Waals surface area contributed by atoms with E-state index in [2.05, 4.69) is 45.2 Å². The quantitative estimate of drug-likeness (QED) is 0.209. The van der Waals surface area contributed by atoms with Crippen LogP contribution in [0.3, 0.4) is 0 Å². The first-order valence-electron chi connectivity index (χ1n) is 13.7. The van der Waals surface area contributed by atoms with Crippen LogP contribution in [0.2, 0.25) is 0 Å². The topological polar surface area (TPSA) is 38.7 Å². The van der Waals surface area contributed by atoms with Gasteiger partial charge in [0.15, 0.2) is 0 Å². The van der Waals surface area contributed by atoms with E-state index in [1.807, 2.05) is 29.3 Å². The van der Waals surface area contributed by atoms with Gasteiger partial charge in [-0.15, -0.1) is 23.1 Å². The van der Waals surface area contributed by atoms with Crippen molar-refractivity contribution >= 4 is 50.8 Å². The lowest BCUT2D eigenvalue weighted by Gasteiger charge is -2.17. The Morgan fingerprint density at radius 3 is 2.46 bits per heavy atom. The minimum atomic E-state index is 0.652. The average Bonchev–Trinajstić information content (AvgIpc) is 3.65. The summed E-state index contributed by atoms with van der Waals surface area (Å²) in [5.74, 6) is 3.45. The highest BCUT2D eigenvalue weighted by Crippen LogP contribution is 2.43. The molecule has 3 nitrogen and oxygen atoms in total. The number of nitrogens with zero attached hydrogens (tertiary/aromatic N) is 3. The maximum atomic E-state index is 4.97.